The Morgan fingerprint density at radius 1 is 0.967 bits per heavy atom. The Morgan fingerprint density at radius 2 is 1.70 bits per heavy atom. The Balaban J connectivity index is 1.25. The second-order valence-corrected chi connectivity index (χ2v) is 10.3. The maximum atomic E-state index is 4.81. The summed E-state index contributed by atoms with van der Waals surface area (Å²) < 4.78 is 0. The molecule has 2 aromatic carbocycles. The number of nitrogens with zero attached hydrogens (tertiary/aromatic N) is 1. The molecule has 1 unspecified atom stereocenters. The molecule has 2 fully saturated rings. The quantitative estimate of drug-likeness (QED) is 0.513. The summed E-state index contributed by atoms with van der Waals surface area (Å²) in [6.45, 7) is 9.20. The highest BCUT2D eigenvalue weighted by molar-refractivity contribution is 5.83. The van der Waals surface area contributed by atoms with Gasteiger partial charge in [0.05, 0.1) is 6.04 Å². The highest BCUT2D eigenvalue weighted by Gasteiger charge is 2.50. The summed E-state index contributed by atoms with van der Waals surface area (Å²) in [6, 6.07) is 16.7. The monoisotopic (exact) mass is 397 g/mol. The number of aliphatic imine (C=N–C) groups is 1. The average Bonchev–Trinajstić information content (AvgIpc) is 3.24. The van der Waals surface area contributed by atoms with E-state index in [1.54, 1.807) is 11.1 Å². The van der Waals surface area contributed by atoms with Crippen molar-refractivity contribution in [3.8, 4) is 0 Å². The number of benzene rings is 2. The summed E-state index contributed by atoms with van der Waals surface area (Å²) in [5.74, 6) is 1.45. The molecule has 1 spiro atoms. The second-order valence-electron chi connectivity index (χ2n) is 10.3. The van der Waals surface area contributed by atoms with Gasteiger partial charge in [-0.3, -0.25) is 4.99 Å². The minimum absolute atomic E-state index is 0.501. The van der Waals surface area contributed by atoms with Gasteiger partial charge in [-0.05, 0) is 116 Å². The first-order valence-corrected chi connectivity index (χ1v) is 11.8. The maximum Gasteiger partial charge on any atom is 0.0723 e. The van der Waals surface area contributed by atoms with Gasteiger partial charge in [0, 0.05) is 6.21 Å². The average molecular weight is 398 g/mol. The van der Waals surface area contributed by atoms with E-state index in [1.165, 1.54) is 59.9 Å². The van der Waals surface area contributed by atoms with E-state index in [9.17, 15) is 0 Å². The van der Waals surface area contributed by atoms with Gasteiger partial charge in [-0.2, -0.15) is 0 Å². The number of hydrogen-bond acceptors (Lipinski definition) is 1. The van der Waals surface area contributed by atoms with E-state index in [2.05, 4.69) is 76.4 Å². The van der Waals surface area contributed by atoms with E-state index in [1.807, 2.05) is 0 Å². The Morgan fingerprint density at radius 3 is 2.40 bits per heavy atom. The SMILES string of the molecule is CC1=C2C(CC3(CCC(c4ccc(Cc5cccc(C)c5C)cc4)CC3)[C@@H]2C)N=C1. The van der Waals surface area contributed by atoms with Crippen molar-refractivity contribution in [1.82, 2.24) is 0 Å². The van der Waals surface area contributed by atoms with Crippen molar-refractivity contribution in [2.75, 3.05) is 0 Å². The number of hydrogen-bond donors (Lipinski definition) is 0. The van der Waals surface area contributed by atoms with Crippen molar-refractivity contribution < 1.29 is 0 Å². The molecule has 2 atom stereocenters. The van der Waals surface area contributed by atoms with Gasteiger partial charge in [0.15, 0.2) is 0 Å². The predicted octanol–water partition coefficient (Wildman–Crippen LogP) is 7.35. The fourth-order valence-electron chi connectivity index (χ4n) is 6.60. The highest BCUT2D eigenvalue weighted by Crippen LogP contribution is 2.59. The fourth-order valence-corrected chi connectivity index (χ4v) is 6.60. The Labute approximate surface area is 182 Å². The van der Waals surface area contributed by atoms with Crippen LogP contribution in [-0.4, -0.2) is 12.3 Å². The number of rotatable bonds is 3. The molecule has 2 aliphatic carbocycles. The largest absolute Gasteiger partial charge is 0.285 e. The van der Waals surface area contributed by atoms with Crippen LogP contribution in [-0.2, 0) is 6.42 Å². The van der Waals surface area contributed by atoms with Crippen LogP contribution >= 0.6 is 0 Å². The maximum absolute atomic E-state index is 4.81. The van der Waals surface area contributed by atoms with E-state index < -0.39 is 0 Å². The smallest absolute Gasteiger partial charge is 0.0723 e. The Hall–Kier alpha value is -2.15. The van der Waals surface area contributed by atoms with Gasteiger partial charge in [-0.25, -0.2) is 0 Å². The lowest BCUT2D eigenvalue weighted by Gasteiger charge is -2.41. The van der Waals surface area contributed by atoms with Gasteiger partial charge in [-0.15, -0.1) is 0 Å². The van der Waals surface area contributed by atoms with Gasteiger partial charge < -0.3 is 0 Å². The molecule has 5 rings (SSSR count). The zero-order valence-electron chi connectivity index (χ0n) is 19.0. The third-order valence-electron chi connectivity index (χ3n) is 8.79. The molecule has 30 heavy (non-hydrogen) atoms. The molecule has 0 amide bonds. The van der Waals surface area contributed by atoms with Gasteiger partial charge in [0.25, 0.3) is 0 Å². The molecular weight excluding hydrogens is 362 g/mol. The molecular formula is C29H35N. The molecule has 2 aromatic rings. The summed E-state index contributed by atoms with van der Waals surface area (Å²) in [5, 5.41) is 0. The predicted molar refractivity (Wildman–Crippen MR) is 128 cm³/mol. The molecule has 3 aliphatic rings. The van der Waals surface area contributed by atoms with Crippen LogP contribution in [0.5, 0.6) is 0 Å². The van der Waals surface area contributed by atoms with Gasteiger partial charge >= 0.3 is 0 Å². The lowest BCUT2D eigenvalue weighted by atomic mass is 9.64. The van der Waals surface area contributed by atoms with E-state index in [4.69, 9.17) is 4.99 Å². The van der Waals surface area contributed by atoms with Crippen LogP contribution < -0.4 is 0 Å². The van der Waals surface area contributed by atoms with Gasteiger partial charge in [0.1, 0.15) is 0 Å². The zero-order valence-corrected chi connectivity index (χ0v) is 19.0. The first-order chi connectivity index (χ1) is 14.5. The molecule has 1 nitrogen and oxygen atoms in total. The molecule has 156 valence electrons. The Bertz CT molecular complexity index is 999. The first kappa shape index (κ1) is 19.8. The molecule has 0 aromatic heterocycles. The molecule has 0 radical (unpaired) electrons. The number of aryl methyl sites for hydroxylation is 1. The summed E-state index contributed by atoms with van der Waals surface area (Å²) in [4.78, 5) is 4.81. The van der Waals surface area contributed by atoms with Crippen molar-refractivity contribution in [2.24, 2.45) is 16.3 Å². The lowest BCUT2D eigenvalue weighted by Crippen LogP contribution is -2.30. The van der Waals surface area contributed by atoms with Crippen LogP contribution in [0.3, 0.4) is 0 Å². The molecule has 0 N–H and O–H groups in total. The zero-order chi connectivity index (χ0) is 20.9. The minimum atomic E-state index is 0.501. The van der Waals surface area contributed by atoms with E-state index in [-0.39, 0.29) is 0 Å². The fraction of sp³-hybridized carbons (Fsp3) is 0.483. The summed E-state index contributed by atoms with van der Waals surface area (Å²) in [6.07, 6.45) is 9.85. The van der Waals surface area contributed by atoms with Crippen molar-refractivity contribution in [3.05, 3.63) is 81.4 Å². The van der Waals surface area contributed by atoms with Gasteiger partial charge in [-0.1, -0.05) is 49.4 Å². The number of allylic oxidation sites excluding steroid dienone is 1. The molecule has 2 saturated carbocycles. The highest BCUT2D eigenvalue weighted by atomic mass is 14.8. The lowest BCUT2D eigenvalue weighted by molar-refractivity contribution is 0.135. The van der Waals surface area contributed by atoms with Crippen LogP contribution in [0.2, 0.25) is 0 Å². The van der Waals surface area contributed by atoms with Crippen molar-refractivity contribution >= 4 is 6.21 Å². The van der Waals surface area contributed by atoms with Crippen LogP contribution in [0.15, 0.2) is 58.6 Å². The second kappa shape index (κ2) is 7.52. The normalized spacial score (nSPS) is 30.3. The topological polar surface area (TPSA) is 12.4 Å². The first-order valence-electron chi connectivity index (χ1n) is 11.8. The number of fused-ring (bicyclic) bond motifs is 1. The summed E-state index contributed by atoms with van der Waals surface area (Å²) in [7, 11) is 0. The standard InChI is InChI=1S/C29H35N/c1-19-6-5-7-26(21(19)3)16-23-8-10-24(11-9-23)25-12-14-29(15-13-25)17-27-28(22(29)4)20(2)18-30-27/h5-11,18,22,25,27H,12-17H2,1-4H3/t22-,25?,27?,29?/m1/s1. The van der Waals surface area contributed by atoms with Crippen molar-refractivity contribution in [1.29, 1.82) is 0 Å². The van der Waals surface area contributed by atoms with Crippen molar-refractivity contribution in [3.63, 3.8) is 0 Å². The molecule has 1 heteroatoms. The van der Waals surface area contributed by atoms with Crippen LogP contribution in [0, 0.1) is 25.2 Å². The van der Waals surface area contributed by atoms with Crippen LogP contribution in [0.1, 0.15) is 79.7 Å². The van der Waals surface area contributed by atoms with E-state index in [0.717, 1.165) is 12.3 Å². The molecule has 0 saturated heterocycles. The molecule has 1 aliphatic heterocycles. The minimum Gasteiger partial charge on any atom is -0.285 e. The van der Waals surface area contributed by atoms with E-state index >= 15 is 0 Å². The summed E-state index contributed by atoms with van der Waals surface area (Å²) in [5.41, 5.74) is 10.9. The molecule has 1 heterocycles. The van der Waals surface area contributed by atoms with Crippen LogP contribution in [0.4, 0.5) is 0 Å². The van der Waals surface area contributed by atoms with Crippen LogP contribution in [0.25, 0.3) is 0 Å². The Kier molecular flexibility index (Phi) is 4.96. The molecule has 0 bridgehead atoms. The van der Waals surface area contributed by atoms with E-state index in [0.29, 0.717) is 17.4 Å². The third kappa shape index (κ3) is 3.27. The summed E-state index contributed by atoms with van der Waals surface area (Å²) >= 11 is 0. The van der Waals surface area contributed by atoms with Crippen molar-refractivity contribution in [2.45, 2.75) is 78.2 Å². The third-order valence-corrected chi connectivity index (χ3v) is 8.79. The van der Waals surface area contributed by atoms with Gasteiger partial charge in [0.2, 0.25) is 0 Å².